The van der Waals surface area contributed by atoms with Crippen molar-refractivity contribution in [3.63, 3.8) is 0 Å². The van der Waals surface area contributed by atoms with Gasteiger partial charge >= 0.3 is 0 Å². The second kappa shape index (κ2) is 5.98. The van der Waals surface area contributed by atoms with Crippen LogP contribution in [0.25, 0.3) is 0 Å². The molecular weight excluding hydrogens is 318 g/mol. The number of nitrogens with zero attached hydrogens (tertiary/aromatic N) is 1. The summed E-state index contributed by atoms with van der Waals surface area (Å²) in [6.07, 6.45) is 0. The fraction of sp³-hybridized carbons (Fsp3) is 0.364. The minimum absolute atomic E-state index is 0.0353. The summed E-state index contributed by atoms with van der Waals surface area (Å²) < 4.78 is 5.91. The van der Waals surface area contributed by atoms with Crippen LogP contribution in [0.4, 0.5) is 5.69 Å². The van der Waals surface area contributed by atoms with E-state index in [1.54, 1.807) is 20.0 Å². The molecule has 0 spiro atoms. The zero-order valence-electron chi connectivity index (χ0n) is 10.5. The van der Waals surface area contributed by atoms with Crippen molar-refractivity contribution in [2.45, 2.75) is 12.5 Å². The molecule has 0 bridgehead atoms. The molecule has 0 fully saturated rings. The zero-order chi connectivity index (χ0) is 14.6. The number of non-ortho nitro benzene ring substituents is 1. The Labute approximate surface area is 118 Å². The third kappa shape index (κ3) is 3.90. The van der Waals surface area contributed by atoms with Crippen LogP contribution in [0.15, 0.2) is 22.7 Å². The molecule has 1 atom stereocenters. The molecule has 0 saturated heterocycles. The number of nitro groups is 1. The Bertz CT molecular complexity index is 509. The minimum atomic E-state index is -1.04. The summed E-state index contributed by atoms with van der Waals surface area (Å²) in [6, 6.07) is 4.21. The van der Waals surface area contributed by atoms with E-state index in [0.717, 1.165) is 0 Å². The van der Waals surface area contributed by atoms with Gasteiger partial charge < -0.3 is 15.8 Å². The van der Waals surface area contributed by atoms with Gasteiger partial charge in [-0.2, -0.15) is 0 Å². The molecule has 19 heavy (non-hydrogen) atoms. The molecule has 1 aromatic carbocycles. The van der Waals surface area contributed by atoms with Crippen LogP contribution < -0.4 is 15.8 Å². The number of benzene rings is 1. The fourth-order valence-electron chi connectivity index (χ4n) is 1.23. The van der Waals surface area contributed by atoms with Gasteiger partial charge in [-0.05, 0) is 20.0 Å². The number of nitro benzene ring substituents is 1. The molecule has 0 aromatic heterocycles. The first kappa shape index (κ1) is 15.4. The molecule has 0 aliphatic heterocycles. The molecule has 0 aliphatic carbocycles. The lowest BCUT2D eigenvalue weighted by Crippen LogP contribution is -2.55. The number of rotatable bonds is 6. The highest BCUT2D eigenvalue weighted by molar-refractivity contribution is 9.10. The average molecular weight is 332 g/mol. The Morgan fingerprint density at radius 1 is 1.58 bits per heavy atom. The summed E-state index contributed by atoms with van der Waals surface area (Å²) in [4.78, 5) is 21.5. The topological polar surface area (TPSA) is 107 Å². The van der Waals surface area contributed by atoms with E-state index in [-0.39, 0.29) is 18.0 Å². The van der Waals surface area contributed by atoms with Crippen molar-refractivity contribution in [1.82, 2.24) is 5.32 Å². The Balaban J connectivity index is 2.89. The lowest BCUT2D eigenvalue weighted by molar-refractivity contribution is -0.385. The Hall–Kier alpha value is -1.67. The minimum Gasteiger partial charge on any atom is -0.491 e. The van der Waals surface area contributed by atoms with Crippen LogP contribution in [-0.2, 0) is 4.79 Å². The molecular formula is C11H14BrN3O4. The quantitative estimate of drug-likeness (QED) is 0.601. The maximum Gasteiger partial charge on any atom is 0.274 e. The molecule has 0 heterocycles. The number of carbonyl (C=O) groups excluding carboxylic acids is 1. The summed E-state index contributed by atoms with van der Waals surface area (Å²) in [5, 5.41) is 13.5. The normalized spacial score (nSPS) is 13.6. The van der Waals surface area contributed by atoms with E-state index in [0.29, 0.717) is 4.47 Å². The average Bonchev–Trinajstić information content (AvgIpc) is 2.35. The Morgan fingerprint density at radius 2 is 2.21 bits per heavy atom. The van der Waals surface area contributed by atoms with Crippen LogP contribution >= 0.6 is 15.9 Å². The molecule has 0 radical (unpaired) electrons. The SMILES string of the molecule is CNC(C)(COc1cc(Br)cc([N+](=O)[O-])c1)C(N)=O. The molecule has 1 unspecified atom stereocenters. The zero-order valence-corrected chi connectivity index (χ0v) is 12.1. The van der Waals surface area contributed by atoms with Gasteiger partial charge in [-0.3, -0.25) is 14.9 Å². The maximum atomic E-state index is 11.3. The first-order valence-corrected chi connectivity index (χ1v) is 6.14. The highest BCUT2D eigenvalue weighted by Gasteiger charge is 2.30. The molecule has 104 valence electrons. The molecule has 1 amide bonds. The van der Waals surface area contributed by atoms with Gasteiger partial charge in [-0.25, -0.2) is 0 Å². The number of amides is 1. The van der Waals surface area contributed by atoms with E-state index >= 15 is 0 Å². The number of nitrogens with one attached hydrogen (secondary N) is 1. The van der Waals surface area contributed by atoms with E-state index < -0.39 is 16.4 Å². The van der Waals surface area contributed by atoms with Crippen molar-refractivity contribution in [1.29, 1.82) is 0 Å². The van der Waals surface area contributed by atoms with Crippen LogP contribution in [0.1, 0.15) is 6.92 Å². The first-order chi connectivity index (χ1) is 8.78. The van der Waals surface area contributed by atoms with Crippen molar-refractivity contribution < 1.29 is 14.5 Å². The van der Waals surface area contributed by atoms with E-state index in [2.05, 4.69) is 21.2 Å². The van der Waals surface area contributed by atoms with Gasteiger partial charge in [-0.15, -0.1) is 0 Å². The van der Waals surface area contributed by atoms with E-state index in [1.165, 1.54) is 12.1 Å². The van der Waals surface area contributed by atoms with Gasteiger partial charge in [-0.1, -0.05) is 15.9 Å². The molecule has 3 N–H and O–H groups in total. The van der Waals surface area contributed by atoms with Crippen molar-refractivity contribution in [2.75, 3.05) is 13.7 Å². The molecule has 1 rings (SSSR count). The largest absolute Gasteiger partial charge is 0.491 e. The van der Waals surface area contributed by atoms with Gasteiger partial charge in [0.25, 0.3) is 5.69 Å². The molecule has 1 aromatic rings. The van der Waals surface area contributed by atoms with Gasteiger partial charge in [0.05, 0.1) is 11.0 Å². The monoisotopic (exact) mass is 331 g/mol. The lowest BCUT2D eigenvalue weighted by Gasteiger charge is -2.25. The molecule has 8 heteroatoms. The first-order valence-electron chi connectivity index (χ1n) is 5.35. The van der Waals surface area contributed by atoms with Crippen LogP contribution in [0.3, 0.4) is 0 Å². The third-order valence-electron chi connectivity index (χ3n) is 2.69. The highest BCUT2D eigenvalue weighted by Crippen LogP contribution is 2.26. The summed E-state index contributed by atoms with van der Waals surface area (Å²) >= 11 is 3.16. The molecule has 0 saturated carbocycles. The number of hydrogen-bond acceptors (Lipinski definition) is 5. The number of carbonyl (C=O) groups is 1. The van der Waals surface area contributed by atoms with E-state index in [4.69, 9.17) is 10.5 Å². The van der Waals surface area contributed by atoms with Gasteiger partial charge in [0.2, 0.25) is 5.91 Å². The Morgan fingerprint density at radius 3 is 2.68 bits per heavy atom. The van der Waals surface area contributed by atoms with E-state index in [1.807, 2.05) is 0 Å². The number of ether oxygens (including phenoxy) is 1. The number of primary amides is 1. The number of likely N-dealkylation sites (N-methyl/N-ethyl adjacent to an activating group) is 1. The van der Waals surface area contributed by atoms with Crippen molar-refractivity contribution in [3.8, 4) is 5.75 Å². The van der Waals surface area contributed by atoms with Crippen molar-refractivity contribution in [3.05, 3.63) is 32.8 Å². The second-order valence-corrected chi connectivity index (χ2v) is 5.05. The maximum absolute atomic E-state index is 11.3. The number of nitrogens with two attached hydrogens (primary N) is 1. The predicted octanol–water partition coefficient (Wildman–Crippen LogP) is 1.20. The van der Waals surface area contributed by atoms with Gasteiger partial charge in [0, 0.05) is 10.5 Å². The summed E-state index contributed by atoms with van der Waals surface area (Å²) in [5.41, 5.74) is 4.11. The van der Waals surface area contributed by atoms with Crippen LogP contribution in [0.5, 0.6) is 5.75 Å². The summed E-state index contributed by atoms with van der Waals surface area (Å²) in [5.74, 6) is -0.289. The van der Waals surface area contributed by atoms with Crippen LogP contribution in [0, 0.1) is 10.1 Å². The Kier molecular flexibility index (Phi) is 4.84. The predicted molar refractivity (Wildman–Crippen MR) is 73.0 cm³/mol. The summed E-state index contributed by atoms with van der Waals surface area (Å²) in [7, 11) is 1.58. The van der Waals surface area contributed by atoms with Crippen molar-refractivity contribution in [2.24, 2.45) is 5.73 Å². The van der Waals surface area contributed by atoms with E-state index in [9.17, 15) is 14.9 Å². The lowest BCUT2D eigenvalue weighted by atomic mass is 10.0. The number of hydrogen-bond donors (Lipinski definition) is 2. The van der Waals surface area contributed by atoms with Gasteiger partial charge in [0.1, 0.15) is 17.9 Å². The smallest absolute Gasteiger partial charge is 0.274 e. The van der Waals surface area contributed by atoms with Crippen LogP contribution in [0.2, 0.25) is 0 Å². The molecule has 7 nitrogen and oxygen atoms in total. The second-order valence-electron chi connectivity index (χ2n) is 4.14. The summed E-state index contributed by atoms with van der Waals surface area (Å²) in [6.45, 7) is 1.55. The molecule has 0 aliphatic rings. The standard InChI is InChI=1S/C11H14BrN3O4/c1-11(14-2,10(13)16)6-19-9-4-7(12)3-8(5-9)15(17)18/h3-5,14H,6H2,1-2H3,(H2,13,16). The fourth-order valence-corrected chi connectivity index (χ4v) is 1.69. The van der Waals surface area contributed by atoms with Gasteiger partial charge in [0.15, 0.2) is 0 Å². The van der Waals surface area contributed by atoms with Crippen molar-refractivity contribution >= 4 is 27.5 Å². The number of halogens is 1. The van der Waals surface area contributed by atoms with Crippen LogP contribution in [-0.4, -0.2) is 30.0 Å². The third-order valence-corrected chi connectivity index (χ3v) is 3.15. The highest BCUT2D eigenvalue weighted by atomic mass is 79.9.